The molecule has 0 spiro atoms. The summed E-state index contributed by atoms with van der Waals surface area (Å²) >= 11 is 0. The van der Waals surface area contributed by atoms with Crippen LogP contribution in [0.4, 0.5) is 0 Å². The van der Waals surface area contributed by atoms with Crippen LogP contribution in [0, 0.1) is 5.41 Å². The van der Waals surface area contributed by atoms with Crippen LogP contribution in [0.3, 0.4) is 0 Å². The van der Waals surface area contributed by atoms with Gasteiger partial charge in [0.15, 0.2) is 0 Å². The van der Waals surface area contributed by atoms with Crippen molar-refractivity contribution in [2.24, 2.45) is 5.41 Å². The molecule has 14 heavy (non-hydrogen) atoms. The van der Waals surface area contributed by atoms with Crippen LogP contribution >= 0.6 is 0 Å². The van der Waals surface area contributed by atoms with Crippen LogP contribution in [0.5, 0.6) is 0 Å². The number of hydrogen-bond acceptors (Lipinski definition) is 4. The highest BCUT2D eigenvalue weighted by Crippen LogP contribution is 2.36. The monoisotopic (exact) mass is 201 g/mol. The van der Waals surface area contributed by atoms with Gasteiger partial charge in [0.25, 0.3) is 0 Å². The van der Waals surface area contributed by atoms with Gasteiger partial charge >= 0.3 is 5.97 Å². The number of amides is 1. The van der Waals surface area contributed by atoms with Crippen molar-refractivity contribution in [2.75, 3.05) is 7.11 Å². The molecule has 3 atom stereocenters. The van der Waals surface area contributed by atoms with E-state index in [0.29, 0.717) is 0 Å². The predicted molar refractivity (Wildman–Crippen MR) is 48.4 cm³/mol. The highest BCUT2D eigenvalue weighted by atomic mass is 16.5. The summed E-state index contributed by atoms with van der Waals surface area (Å²) in [6, 6.07) is -0.331. The van der Waals surface area contributed by atoms with Crippen LogP contribution in [-0.4, -0.2) is 36.2 Å². The Morgan fingerprint density at radius 1 is 1.79 bits per heavy atom. The van der Waals surface area contributed by atoms with Crippen molar-refractivity contribution < 1.29 is 19.4 Å². The molecule has 0 unspecified atom stereocenters. The lowest BCUT2D eigenvalue weighted by molar-refractivity contribution is -0.159. The number of ether oxygens (including phenoxy) is 1. The summed E-state index contributed by atoms with van der Waals surface area (Å²) in [5.41, 5.74) is -0.867. The molecule has 1 saturated heterocycles. The van der Waals surface area contributed by atoms with E-state index >= 15 is 0 Å². The molecule has 0 aliphatic carbocycles. The molecule has 5 nitrogen and oxygen atoms in total. The summed E-state index contributed by atoms with van der Waals surface area (Å²) in [6.45, 7) is 3.19. The number of aliphatic hydroxyl groups is 1. The lowest BCUT2D eigenvalue weighted by Crippen LogP contribution is -2.70. The third kappa shape index (κ3) is 1.48. The lowest BCUT2D eigenvalue weighted by atomic mass is 9.69. The van der Waals surface area contributed by atoms with Crippen molar-refractivity contribution >= 4 is 11.9 Å². The van der Waals surface area contributed by atoms with Crippen molar-refractivity contribution in [1.29, 1.82) is 0 Å². The second kappa shape index (κ2) is 3.57. The second-order valence-electron chi connectivity index (χ2n) is 3.76. The summed E-state index contributed by atoms with van der Waals surface area (Å²) in [6.07, 6.45) is -0.671. The normalized spacial score (nSPS) is 32.9. The van der Waals surface area contributed by atoms with Crippen LogP contribution in [0.1, 0.15) is 20.3 Å². The van der Waals surface area contributed by atoms with Crippen molar-refractivity contribution in [3.05, 3.63) is 0 Å². The van der Waals surface area contributed by atoms with Gasteiger partial charge in [-0.3, -0.25) is 9.59 Å². The third-order valence-electron chi connectivity index (χ3n) is 2.98. The fraction of sp³-hybridized carbons (Fsp3) is 0.778. The molecular formula is C9H15NO4. The Morgan fingerprint density at radius 2 is 2.36 bits per heavy atom. The van der Waals surface area contributed by atoms with E-state index in [0.717, 1.165) is 0 Å². The fourth-order valence-electron chi connectivity index (χ4n) is 1.54. The van der Waals surface area contributed by atoms with Crippen LogP contribution in [0.15, 0.2) is 0 Å². The maximum absolute atomic E-state index is 11.3. The maximum atomic E-state index is 11.3. The number of hydrogen-bond donors (Lipinski definition) is 2. The first-order valence-corrected chi connectivity index (χ1v) is 4.48. The van der Waals surface area contributed by atoms with Gasteiger partial charge in [-0.1, -0.05) is 0 Å². The van der Waals surface area contributed by atoms with E-state index in [4.69, 9.17) is 0 Å². The summed E-state index contributed by atoms with van der Waals surface area (Å²) in [5, 5.41) is 12.0. The van der Waals surface area contributed by atoms with Gasteiger partial charge in [0.05, 0.1) is 31.1 Å². The summed E-state index contributed by atoms with van der Waals surface area (Å²) in [4.78, 5) is 22.2. The molecular weight excluding hydrogens is 186 g/mol. The molecule has 1 aliphatic rings. The minimum atomic E-state index is -0.867. The van der Waals surface area contributed by atoms with E-state index in [9.17, 15) is 14.7 Å². The Labute approximate surface area is 82.4 Å². The fourth-order valence-corrected chi connectivity index (χ4v) is 1.54. The van der Waals surface area contributed by atoms with Crippen molar-refractivity contribution in [1.82, 2.24) is 5.32 Å². The second-order valence-corrected chi connectivity index (χ2v) is 3.76. The van der Waals surface area contributed by atoms with Gasteiger partial charge in [0, 0.05) is 0 Å². The Bertz CT molecular complexity index is 264. The lowest BCUT2D eigenvalue weighted by Gasteiger charge is -2.47. The number of aliphatic hydroxyl groups excluding tert-OH is 1. The zero-order valence-electron chi connectivity index (χ0n) is 8.53. The zero-order valence-corrected chi connectivity index (χ0v) is 8.53. The molecule has 1 rings (SSSR count). The molecule has 0 saturated carbocycles. The third-order valence-corrected chi connectivity index (χ3v) is 2.98. The van der Waals surface area contributed by atoms with Gasteiger partial charge < -0.3 is 15.2 Å². The number of β-lactam (4-membered cyclic amide) rings is 1. The molecule has 1 heterocycles. The van der Waals surface area contributed by atoms with Crippen LogP contribution < -0.4 is 5.32 Å². The average Bonchev–Trinajstić information content (AvgIpc) is 2.15. The molecule has 0 bridgehead atoms. The highest BCUT2D eigenvalue weighted by Gasteiger charge is 2.55. The van der Waals surface area contributed by atoms with Crippen LogP contribution in [0.25, 0.3) is 0 Å². The number of carbonyl (C=O) groups is 2. The van der Waals surface area contributed by atoms with Crippen molar-refractivity contribution in [3.8, 4) is 0 Å². The Balaban J connectivity index is 2.66. The Hall–Kier alpha value is -1.10. The van der Waals surface area contributed by atoms with E-state index < -0.39 is 11.5 Å². The standard InChI is InChI=1S/C9H15NO4/c1-5(11)9(2)6(10-8(9)13)4-7(12)14-3/h5-6,11H,4H2,1-3H3,(H,10,13)/t5-,6+,9+/m1/s1. The molecule has 80 valence electrons. The molecule has 0 radical (unpaired) electrons. The van der Waals surface area contributed by atoms with Crippen molar-refractivity contribution in [2.45, 2.75) is 32.4 Å². The smallest absolute Gasteiger partial charge is 0.307 e. The van der Waals surface area contributed by atoms with Gasteiger partial charge in [-0.15, -0.1) is 0 Å². The number of esters is 1. The van der Waals surface area contributed by atoms with E-state index in [2.05, 4.69) is 10.1 Å². The summed E-state index contributed by atoms with van der Waals surface area (Å²) < 4.78 is 4.49. The van der Waals surface area contributed by atoms with E-state index in [1.807, 2.05) is 0 Å². The van der Waals surface area contributed by atoms with Gasteiger partial charge in [0.1, 0.15) is 0 Å². The zero-order chi connectivity index (χ0) is 10.9. The molecule has 0 aromatic heterocycles. The van der Waals surface area contributed by atoms with Gasteiger partial charge in [-0.25, -0.2) is 0 Å². The molecule has 5 heteroatoms. The van der Waals surface area contributed by atoms with Gasteiger partial charge in [-0.2, -0.15) is 0 Å². The molecule has 0 aromatic rings. The molecule has 1 aliphatic heterocycles. The number of carbonyl (C=O) groups excluding carboxylic acids is 2. The molecule has 2 N–H and O–H groups in total. The number of methoxy groups -OCH3 is 1. The highest BCUT2D eigenvalue weighted by molar-refractivity contribution is 5.91. The largest absolute Gasteiger partial charge is 0.469 e. The first-order chi connectivity index (χ1) is 6.42. The molecule has 1 amide bonds. The quantitative estimate of drug-likeness (QED) is 0.474. The Morgan fingerprint density at radius 3 is 2.71 bits per heavy atom. The number of rotatable bonds is 3. The van der Waals surface area contributed by atoms with E-state index in [-0.39, 0.29) is 24.3 Å². The molecule has 1 fully saturated rings. The average molecular weight is 201 g/mol. The topological polar surface area (TPSA) is 75.6 Å². The van der Waals surface area contributed by atoms with Gasteiger partial charge in [0.2, 0.25) is 5.91 Å². The number of nitrogens with one attached hydrogen (secondary N) is 1. The maximum Gasteiger partial charge on any atom is 0.307 e. The van der Waals surface area contributed by atoms with Crippen LogP contribution in [0.2, 0.25) is 0 Å². The minimum Gasteiger partial charge on any atom is -0.469 e. The summed E-state index contributed by atoms with van der Waals surface area (Å²) in [7, 11) is 1.29. The minimum absolute atomic E-state index is 0.101. The van der Waals surface area contributed by atoms with E-state index in [1.54, 1.807) is 13.8 Å². The first-order valence-electron chi connectivity index (χ1n) is 4.48. The van der Waals surface area contributed by atoms with Gasteiger partial charge in [-0.05, 0) is 13.8 Å². The van der Waals surface area contributed by atoms with Crippen LogP contribution in [-0.2, 0) is 14.3 Å². The first kappa shape index (κ1) is 11.0. The van der Waals surface area contributed by atoms with Crippen molar-refractivity contribution in [3.63, 3.8) is 0 Å². The van der Waals surface area contributed by atoms with E-state index in [1.165, 1.54) is 7.11 Å². The predicted octanol–water partition coefficient (Wildman–Crippen LogP) is -0.565. The summed E-state index contributed by atoms with van der Waals surface area (Å²) in [5.74, 6) is -0.608. The molecule has 0 aromatic carbocycles. The SMILES string of the molecule is COC(=O)C[C@@H]1NC(=O)[C@@]1(C)[C@@H](C)O. The Kier molecular flexibility index (Phi) is 2.80.